The molecule has 0 heterocycles. The zero-order valence-corrected chi connectivity index (χ0v) is 10.8. The molecular formula is C9H24N2OV. The first-order valence-corrected chi connectivity index (χ1v) is 4.81. The average molecular weight is 227 g/mol. The zero-order valence-electron chi connectivity index (χ0n) is 9.38. The molecule has 0 amide bonds. The second kappa shape index (κ2) is 18.3. The predicted octanol–water partition coefficient (Wildman–Crippen LogP) is 0.544. The number of nitrogens with one attached hydrogen (secondary N) is 1. The van der Waals surface area contributed by atoms with Gasteiger partial charge in [-0.2, -0.15) is 0 Å². The van der Waals surface area contributed by atoms with E-state index in [9.17, 15) is 0 Å². The molecule has 0 atom stereocenters. The van der Waals surface area contributed by atoms with E-state index in [4.69, 9.17) is 5.11 Å². The number of hydrogen-bond donors (Lipinski definition) is 2. The van der Waals surface area contributed by atoms with Crippen LogP contribution in [0.2, 0.25) is 0 Å². The molecule has 3 nitrogen and oxygen atoms in total. The molecule has 1 radical (unpaired) electrons. The largest absolute Gasteiger partial charge is 0.395 e. The van der Waals surface area contributed by atoms with E-state index >= 15 is 0 Å². The summed E-state index contributed by atoms with van der Waals surface area (Å²) in [4.78, 5) is 2.23. The Kier molecular flexibility index (Phi) is 26.9. The summed E-state index contributed by atoms with van der Waals surface area (Å²) in [6.07, 6.45) is 0. The summed E-state index contributed by atoms with van der Waals surface area (Å²) >= 11 is 0. The van der Waals surface area contributed by atoms with E-state index in [2.05, 4.69) is 24.2 Å². The summed E-state index contributed by atoms with van der Waals surface area (Å²) in [7, 11) is 2.08. The van der Waals surface area contributed by atoms with Crippen molar-refractivity contribution < 1.29 is 23.7 Å². The van der Waals surface area contributed by atoms with Crippen LogP contribution in [0.15, 0.2) is 0 Å². The van der Waals surface area contributed by atoms with Crippen molar-refractivity contribution in [2.24, 2.45) is 0 Å². The molecular weight excluding hydrogens is 203 g/mol. The minimum atomic E-state index is 0. The van der Waals surface area contributed by atoms with Crippen LogP contribution < -0.4 is 5.32 Å². The van der Waals surface area contributed by atoms with Crippen molar-refractivity contribution in [3.8, 4) is 0 Å². The van der Waals surface area contributed by atoms with Crippen molar-refractivity contribution in [2.75, 3.05) is 39.8 Å². The van der Waals surface area contributed by atoms with Crippen molar-refractivity contribution in [1.82, 2.24) is 10.2 Å². The van der Waals surface area contributed by atoms with Crippen molar-refractivity contribution in [3.05, 3.63) is 0 Å². The van der Waals surface area contributed by atoms with Gasteiger partial charge in [-0.3, -0.25) is 0 Å². The van der Waals surface area contributed by atoms with Crippen LogP contribution in [-0.2, 0) is 18.6 Å². The van der Waals surface area contributed by atoms with Gasteiger partial charge in [0.15, 0.2) is 0 Å². The summed E-state index contributed by atoms with van der Waals surface area (Å²) in [5, 5.41) is 11.5. The SMILES string of the molecule is CC.CCN(C)CCNCCO.[V]. The molecule has 0 rings (SSSR count). The van der Waals surface area contributed by atoms with Gasteiger partial charge in [0.05, 0.1) is 6.61 Å². The van der Waals surface area contributed by atoms with Gasteiger partial charge in [-0.1, -0.05) is 20.8 Å². The fraction of sp³-hybridized carbons (Fsp3) is 1.00. The third kappa shape index (κ3) is 19.1. The van der Waals surface area contributed by atoms with E-state index in [1.165, 1.54) is 0 Å². The Hall–Kier alpha value is 0.464. The number of hydrogen-bond acceptors (Lipinski definition) is 3. The smallest absolute Gasteiger partial charge is 0.0555 e. The zero-order chi connectivity index (χ0) is 9.82. The number of aliphatic hydroxyl groups excluding tert-OH is 1. The molecule has 0 fully saturated rings. The van der Waals surface area contributed by atoms with Gasteiger partial charge in [0, 0.05) is 38.2 Å². The van der Waals surface area contributed by atoms with Crippen molar-refractivity contribution in [2.45, 2.75) is 20.8 Å². The Bertz CT molecular complexity index is 74.6. The molecule has 0 unspecified atom stereocenters. The average Bonchev–Trinajstić information content (AvgIpc) is 2.15. The van der Waals surface area contributed by atoms with Crippen LogP contribution in [0.25, 0.3) is 0 Å². The third-order valence-electron chi connectivity index (χ3n) is 1.50. The van der Waals surface area contributed by atoms with Crippen LogP contribution in [0.3, 0.4) is 0 Å². The Labute approximate surface area is 94.8 Å². The fourth-order valence-electron chi connectivity index (χ4n) is 0.632. The molecule has 0 aromatic carbocycles. The summed E-state index contributed by atoms with van der Waals surface area (Å²) in [5.74, 6) is 0. The van der Waals surface area contributed by atoms with Crippen LogP contribution in [0.1, 0.15) is 20.8 Å². The van der Waals surface area contributed by atoms with E-state index in [0.717, 1.165) is 19.6 Å². The van der Waals surface area contributed by atoms with Gasteiger partial charge in [-0.25, -0.2) is 0 Å². The maximum atomic E-state index is 8.41. The van der Waals surface area contributed by atoms with Crippen LogP contribution in [-0.4, -0.2) is 49.8 Å². The van der Waals surface area contributed by atoms with Gasteiger partial charge < -0.3 is 15.3 Å². The molecule has 13 heavy (non-hydrogen) atoms. The van der Waals surface area contributed by atoms with Gasteiger partial charge in [-0.05, 0) is 13.6 Å². The molecule has 0 aliphatic heterocycles. The van der Waals surface area contributed by atoms with E-state index in [0.29, 0.717) is 6.54 Å². The second-order valence-corrected chi connectivity index (χ2v) is 2.37. The molecule has 0 aromatic heterocycles. The fourth-order valence-corrected chi connectivity index (χ4v) is 0.632. The van der Waals surface area contributed by atoms with Crippen LogP contribution >= 0.6 is 0 Å². The minimum Gasteiger partial charge on any atom is -0.395 e. The molecule has 0 saturated carbocycles. The Morgan fingerprint density at radius 1 is 1.23 bits per heavy atom. The standard InChI is InChI=1S/C7H18N2O.C2H6.V/c1-3-9(2)6-4-8-5-7-10;1-2;/h8,10H,3-7H2,1-2H3;1-2H3;. The van der Waals surface area contributed by atoms with Gasteiger partial charge in [-0.15, -0.1) is 0 Å². The molecule has 0 aromatic rings. The molecule has 0 bridgehead atoms. The summed E-state index contributed by atoms with van der Waals surface area (Å²) < 4.78 is 0. The second-order valence-electron chi connectivity index (χ2n) is 2.37. The first kappa shape index (κ1) is 19.1. The van der Waals surface area contributed by atoms with E-state index in [-0.39, 0.29) is 25.2 Å². The van der Waals surface area contributed by atoms with Gasteiger partial charge in [0.1, 0.15) is 0 Å². The van der Waals surface area contributed by atoms with Gasteiger partial charge in [0.2, 0.25) is 0 Å². The molecule has 4 heteroatoms. The van der Waals surface area contributed by atoms with Crippen molar-refractivity contribution >= 4 is 0 Å². The van der Waals surface area contributed by atoms with Crippen molar-refractivity contribution in [3.63, 3.8) is 0 Å². The molecule has 81 valence electrons. The van der Waals surface area contributed by atoms with E-state index < -0.39 is 0 Å². The molecule has 0 saturated heterocycles. The number of nitrogens with zero attached hydrogens (tertiary/aromatic N) is 1. The Morgan fingerprint density at radius 2 is 1.77 bits per heavy atom. The summed E-state index contributed by atoms with van der Waals surface area (Å²) in [6, 6.07) is 0. The quantitative estimate of drug-likeness (QED) is 0.650. The van der Waals surface area contributed by atoms with E-state index in [1.807, 2.05) is 13.8 Å². The third-order valence-corrected chi connectivity index (χ3v) is 1.50. The molecule has 0 aliphatic carbocycles. The topological polar surface area (TPSA) is 35.5 Å². The Morgan fingerprint density at radius 3 is 2.15 bits per heavy atom. The van der Waals surface area contributed by atoms with Crippen LogP contribution in [0.5, 0.6) is 0 Å². The first-order chi connectivity index (χ1) is 5.81. The maximum absolute atomic E-state index is 8.41. The summed E-state index contributed by atoms with van der Waals surface area (Å²) in [6.45, 7) is 10.2. The minimum absolute atomic E-state index is 0. The molecule has 0 aliphatic rings. The Balaban J connectivity index is -0.000000309. The van der Waals surface area contributed by atoms with Gasteiger partial charge in [0.25, 0.3) is 0 Å². The van der Waals surface area contributed by atoms with Gasteiger partial charge >= 0.3 is 0 Å². The maximum Gasteiger partial charge on any atom is 0.0555 e. The number of aliphatic hydroxyl groups is 1. The predicted molar refractivity (Wildman–Crippen MR) is 54.5 cm³/mol. The van der Waals surface area contributed by atoms with Crippen LogP contribution in [0.4, 0.5) is 0 Å². The molecule has 2 N–H and O–H groups in total. The van der Waals surface area contributed by atoms with Crippen LogP contribution in [0, 0.1) is 0 Å². The normalized spacial score (nSPS) is 8.77. The van der Waals surface area contributed by atoms with E-state index in [1.54, 1.807) is 0 Å². The van der Waals surface area contributed by atoms with Crippen molar-refractivity contribution in [1.29, 1.82) is 0 Å². The first-order valence-electron chi connectivity index (χ1n) is 4.81. The number of rotatable bonds is 6. The monoisotopic (exact) mass is 227 g/mol. The number of likely N-dealkylation sites (N-methyl/N-ethyl adjacent to an activating group) is 1. The summed E-state index contributed by atoms with van der Waals surface area (Å²) in [5.41, 5.74) is 0. The molecule has 0 spiro atoms.